The summed E-state index contributed by atoms with van der Waals surface area (Å²) in [4.78, 5) is 36.2. The summed E-state index contributed by atoms with van der Waals surface area (Å²) in [5.74, 6) is -1.05. The first-order valence-electron chi connectivity index (χ1n) is 11.2. The fourth-order valence-electron chi connectivity index (χ4n) is 3.10. The summed E-state index contributed by atoms with van der Waals surface area (Å²) < 4.78 is 9.91. The SMILES string of the molecule is CCCCC/C(C)=C/C=C(\C)C(=O)c1c(O)cc(C(C)CC/C=C/CC(=O)OC)oc1=O. The topological polar surface area (TPSA) is 93.8 Å². The first-order valence-corrected chi connectivity index (χ1v) is 11.2. The maximum Gasteiger partial charge on any atom is 0.351 e. The van der Waals surface area contributed by atoms with E-state index in [1.807, 2.05) is 26.0 Å². The van der Waals surface area contributed by atoms with Crippen LogP contribution in [0.2, 0.25) is 0 Å². The molecule has 1 atom stereocenters. The molecule has 0 aliphatic carbocycles. The highest BCUT2D eigenvalue weighted by molar-refractivity contribution is 6.09. The third kappa shape index (κ3) is 9.08. The molecule has 0 bridgehead atoms. The Morgan fingerprint density at radius 1 is 1.19 bits per heavy atom. The number of esters is 1. The minimum atomic E-state index is -0.838. The van der Waals surface area contributed by atoms with Crippen molar-refractivity contribution in [3.05, 3.63) is 63.3 Å². The van der Waals surface area contributed by atoms with E-state index in [4.69, 9.17) is 4.42 Å². The number of Topliss-reactive ketones (excluding diaryl/α,β-unsaturated/α-hetero) is 1. The van der Waals surface area contributed by atoms with Crippen molar-refractivity contribution in [2.75, 3.05) is 7.11 Å². The first-order chi connectivity index (χ1) is 15.2. The summed E-state index contributed by atoms with van der Waals surface area (Å²) in [6.45, 7) is 7.64. The van der Waals surface area contributed by atoms with Gasteiger partial charge in [0.25, 0.3) is 0 Å². The van der Waals surface area contributed by atoms with Crippen molar-refractivity contribution in [2.24, 2.45) is 0 Å². The molecule has 1 aromatic rings. The number of unbranched alkanes of at least 4 members (excludes halogenated alkanes) is 2. The van der Waals surface area contributed by atoms with Gasteiger partial charge in [-0.1, -0.05) is 56.6 Å². The van der Waals surface area contributed by atoms with Crippen LogP contribution in [-0.4, -0.2) is 24.0 Å². The van der Waals surface area contributed by atoms with Gasteiger partial charge in [-0.05, 0) is 45.1 Å². The third-order valence-electron chi connectivity index (χ3n) is 5.26. The molecule has 0 radical (unpaired) electrons. The number of hydrogen-bond acceptors (Lipinski definition) is 6. The lowest BCUT2D eigenvalue weighted by molar-refractivity contribution is -0.139. The standard InChI is InChI=1S/C26H36O6/c1-6-7-9-12-18(2)15-16-20(4)25(29)24-21(27)17-22(32-26(24)30)19(3)13-10-8-11-14-23(28)31-5/h8,11,15-17,19,27H,6-7,9-10,12-14H2,1-5H3/b11-8+,18-15+,20-16+. The average molecular weight is 445 g/mol. The zero-order valence-corrected chi connectivity index (χ0v) is 19.9. The molecule has 1 unspecified atom stereocenters. The number of carbonyl (C=O) groups is 2. The van der Waals surface area contributed by atoms with Gasteiger partial charge in [-0.3, -0.25) is 9.59 Å². The molecule has 1 aromatic heterocycles. The highest BCUT2D eigenvalue weighted by Crippen LogP contribution is 2.26. The van der Waals surface area contributed by atoms with Crippen LogP contribution in [0.15, 0.2) is 50.7 Å². The fourth-order valence-corrected chi connectivity index (χ4v) is 3.10. The van der Waals surface area contributed by atoms with Crippen LogP contribution >= 0.6 is 0 Å². The molecule has 0 amide bonds. The molecule has 6 heteroatoms. The molecule has 0 spiro atoms. The van der Waals surface area contributed by atoms with Crippen molar-refractivity contribution in [2.45, 2.75) is 78.6 Å². The van der Waals surface area contributed by atoms with Crippen molar-refractivity contribution >= 4 is 11.8 Å². The Kier molecular flexibility index (Phi) is 12.1. The van der Waals surface area contributed by atoms with Crippen LogP contribution in [0.4, 0.5) is 0 Å². The number of hydrogen-bond donors (Lipinski definition) is 1. The van der Waals surface area contributed by atoms with Gasteiger partial charge >= 0.3 is 11.6 Å². The lowest BCUT2D eigenvalue weighted by Gasteiger charge is -2.11. The van der Waals surface area contributed by atoms with Gasteiger partial charge in [0, 0.05) is 12.0 Å². The van der Waals surface area contributed by atoms with E-state index in [9.17, 15) is 19.5 Å². The largest absolute Gasteiger partial charge is 0.507 e. The van der Waals surface area contributed by atoms with Gasteiger partial charge in [0.15, 0.2) is 5.78 Å². The van der Waals surface area contributed by atoms with Gasteiger partial charge in [0.1, 0.15) is 17.1 Å². The Morgan fingerprint density at radius 2 is 1.91 bits per heavy atom. The normalized spacial score (nSPS) is 13.4. The van der Waals surface area contributed by atoms with E-state index in [1.54, 1.807) is 19.1 Å². The Morgan fingerprint density at radius 3 is 2.53 bits per heavy atom. The molecular formula is C26H36O6. The number of carbonyl (C=O) groups excluding carboxylic acids is 2. The lowest BCUT2D eigenvalue weighted by atomic mass is 9.99. The van der Waals surface area contributed by atoms with Gasteiger partial charge < -0.3 is 14.3 Å². The summed E-state index contributed by atoms with van der Waals surface area (Å²) in [5.41, 5.74) is 0.338. The molecule has 0 aromatic carbocycles. The number of allylic oxidation sites excluding steroid dienone is 5. The Balaban J connectivity index is 2.85. The second kappa shape index (κ2) is 14.2. The minimum Gasteiger partial charge on any atom is -0.507 e. The van der Waals surface area contributed by atoms with E-state index in [-0.39, 0.29) is 29.6 Å². The van der Waals surface area contributed by atoms with E-state index in [1.165, 1.54) is 13.2 Å². The number of aromatic hydroxyl groups is 1. The van der Waals surface area contributed by atoms with E-state index >= 15 is 0 Å². The predicted octanol–water partition coefficient (Wildman–Crippen LogP) is 6.00. The molecule has 0 saturated carbocycles. The Bertz CT molecular complexity index is 917. The van der Waals surface area contributed by atoms with Gasteiger partial charge in [-0.15, -0.1) is 0 Å². The number of rotatable bonds is 13. The first kappa shape index (κ1) is 27.1. The van der Waals surface area contributed by atoms with Gasteiger partial charge in [-0.2, -0.15) is 0 Å². The molecule has 6 nitrogen and oxygen atoms in total. The van der Waals surface area contributed by atoms with Crippen LogP contribution in [-0.2, 0) is 9.53 Å². The zero-order chi connectivity index (χ0) is 24.1. The zero-order valence-electron chi connectivity index (χ0n) is 19.9. The maximum absolute atomic E-state index is 12.7. The van der Waals surface area contributed by atoms with Gasteiger partial charge in [0.05, 0.1) is 13.5 Å². The second-order valence-corrected chi connectivity index (χ2v) is 8.08. The van der Waals surface area contributed by atoms with Crippen LogP contribution in [0.25, 0.3) is 0 Å². The maximum atomic E-state index is 12.7. The van der Waals surface area contributed by atoms with Gasteiger partial charge in [-0.25, -0.2) is 4.79 Å². The quantitative estimate of drug-likeness (QED) is 0.100. The van der Waals surface area contributed by atoms with Crippen molar-refractivity contribution in [1.82, 2.24) is 0 Å². The van der Waals surface area contributed by atoms with Crippen molar-refractivity contribution in [1.29, 1.82) is 0 Å². The highest BCUT2D eigenvalue weighted by Gasteiger charge is 2.21. The molecule has 0 saturated heterocycles. The summed E-state index contributed by atoms with van der Waals surface area (Å²) >= 11 is 0. The summed E-state index contributed by atoms with van der Waals surface area (Å²) in [7, 11) is 1.34. The summed E-state index contributed by atoms with van der Waals surface area (Å²) in [6, 6.07) is 1.34. The van der Waals surface area contributed by atoms with E-state index in [0.29, 0.717) is 24.2 Å². The molecule has 1 N–H and O–H groups in total. The van der Waals surface area contributed by atoms with Crippen LogP contribution in [0.3, 0.4) is 0 Å². The Hall–Kier alpha value is -2.89. The van der Waals surface area contributed by atoms with E-state index < -0.39 is 11.4 Å². The summed E-state index contributed by atoms with van der Waals surface area (Å²) in [6.07, 6.45) is 13.0. The Labute approximate surface area is 190 Å². The molecule has 0 aliphatic heterocycles. The third-order valence-corrected chi connectivity index (χ3v) is 5.26. The molecule has 176 valence electrons. The molecule has 0 aliphatic rings. The average Bonchev–Trinajstić information content (AvgIpc) is 2.76. The van der Waals surface area contributed by atoms with Crippen LogP contribution in [0, 0.1) is 0 Å². The van der Waals surface area contributed by atoms with Crippen LogP contribution < -0.4 is 5.63 Å². The lowest BCUT2D eigenvalue weighted by Crippen LogP contribution is -2.16. The molecular weight excluding hydrogens is 408 g/mol. The van der Waals surface area contributed by atoms with Crippen molar-refractivity contribution in [3.63, 3.8) is 0 Å². The van der Waals surface area contributed by atoms with Crippen LogP contribution in [0.5, 0.6) is 5.75 Å². The number of ketones is 1. The predicted molar refractivity (Wildman–Crippen MR) is 126 cm³/mol. The number of methoxy groups -OCH3 is 1. The second-order valence-electron chi connectivity index (χ2n) is 8.08. The molecule has 0 fully saturated rings. The minimum absolute atomic E-state index is 0.147. The van der Waals surface area contributed by atoms with E-state index in [0.717, 1.165) is 31.3 Å². The van der Waals surface area contributed by atoms with Crippen molar-refractivity contribution < 1.29 is 23.8 Å². The highest BCUT2D eigenvalue weighted by atomic mass is 16.5. The monoisotopic (exact) mass is 444 g/mol. The smallest absolute Gasteiger partial charge is 0.351 e. The molecule has 1 rings (SSSR count). The fraction of sp³-hybridized carbons (Fsp3) is 0.500. The van der Waals surface area contributed by atoms with Crippen LogP contribution in [0.1, 0.15) is 94.7 Å². The van der Waals surface area contributed by atoms with Gasteiger partial charge in [0.2, 0.25) is 0 Å². The summed E-state index contributed by atoms with van der Waals surface area (Å²) in [5, 5.41) is 10.4. The molecule has 1 heterocycles. The number of ether oxygens (including phenoxy) is 1. The molecule has 32 heavy (non-hydrogen) atoms. The van der Waals surface area contributed by atoms with Crippen molar-refractivity contribution in [3.8, 4) is 5.75 Å². The van der Waals surface area contributed by atoms with E-state index in [2.05, 4.69) is 11.7 Å².